The van der Waals surface area contributed by atoms with Crippen LogP contribution < -0.4 is 10.1 Å². The summed E-state index contributed by atoms with van der Waals surface area (Å²) in [6.07, 6.45) is 1.72. The van der Waals surface area contributed by atoms with Crippen molar-refractivity contribution in [3.63, 3.8) is 0 Å². The van der Waals surface area contributed by atoms with Crippen LogP contribution in [0.15, 0.2) is 60.8 Å². The van der Waals surface area contributed by atoms with Crippen molar-refractivity contribution >= 4 is 16.8 Å². The lowest BCUT2D eigenvalue weighted by molar-refractivity contribution is 0.0162. The Morgan fingerprint density at radius 2 is 1.90 bits per heavy atom. The van der Waals surface area contributed by atoms with Gasteiger partial charge in [0.25, 0.3) is 5.91 Å². The Morgan fingerprint density at radius 1 is 1.14 bits per heavy atom. The number of morpholine rings is 1. The number of hydrogen-bond donors (Lipinski definition) is 1. The lowest BCUT2D eigenvalue weighted by Gasteiger charge is -2.35. The summed E-state index contributed by atoms with van der Waals surface area (Å²) >= 11 is 0. The predicted molar refractivity (Wildman–Crippen MR) is 112 cm³/mol. The Balaban J connectivity index is 1.54. The molecule has 150 valence electrons. The number of carbonyl (C=O) groups is 1. The third-order valence-electron chi connectivity index (χ3n) is 5.32. The molecule has 0 spiro atoms. The van der Waals surface area contributed by atoms with E-state index in [9.17, 15) is 4.79 Å². The van der Waals surface area contributed by atoms with E-state index in [4.69, 9.17) is 9.47 Å². The second kappa shape index (κ2) is 9.03. The molecule has 29 heavy (non-hydrogen) atoms. The summed E-state index contributed by atoms with van der Waals surface area (Å²) in [5.74, 6) is 0.710. The van der Waals surface area contributed by atoms with E-state index >= 15 is 0 Å². The fraction of sp³-hybridized carbons (Fsp3) is 0.304. The van der Waals surface area contributed by atoms with Crippen molar-refractivity contribution in [1.29, 1.82) is 0 Å². The van der Waals surface area contributed by atoms with Crippen LogP contribution in [-0.2, 0) is 4.74 Å². The lowest BCUT2D eigenvalue weighted by Crippen LogP contribution is -2.43. The van der Waals surface area contributed by atoms with Crippen molar-refractivity contribution in [3.8, 4) is 5.75 Å². The summed E-state index contributed by atoms with van der Waals surface area (Å²) < 4.78 is 10.8. The zero-order valence-corrected chi connectivity index (χ0v) is 16.5. The number of rotatable bonds is 6. The highest BCUT2D eigenvalue weighted by atomic mass is 16.5. The Hall–Kier alpha value is -2.96. The van der Waals surface area contributed by atoms with Crippen molar-refractivity contribution in [1.82, 2.24) is 15.2 Å². The van der Waals surface area contributed by atoms with Gasteiger partial charge in [-0.3, -0.25) is 14.7 Å². The fourth-order valence-corrected chi connectivity index (χ4v) is 3.75. The molecule has 0 saturated carbocycles. The number of para-hydroxylation sites is 1. The first-order chi connectivity index (χ1) is 14.3. The van der Waals surface area contributed by atoms with E-state index in [0.29, 0.717) is 25.3 Å². The SMILES string of the molecule is COc1ccc([C@@H](CNC(=O)c2cccc3cccnc23)N2CCOCC2)cc1. The van der Waals surface area contributed by atoms with Crippen molar-refractivity contribution in [2.75, 3.05) is 40.0 Å². The molecule has 1 fully saturated rings. The zero-order valence-electron chi connectivity index (χ0n) is 16.5. The van der Waals surface area contributed by atoms with Crippen LogP contribution in [0.5, 0.6) is 5.75 Å². The Morgan fingerprint density at radius 3 is 2.66 bits per heavy atom. The maximum absolute atomic E-state index is 13.0. The maximum Gasteiger partial charge on any atom is 0.253 e. The number of nitrogens with zero attached hydrogens (tertiary/aromatic N) is 2. The van der Waals surface area contributed by atoms with Crippen molar-refractivity contribution in [2.45, 2.75) is 6.04 Å². The highest BCUT2D eigenvalue weighted by Gasteiger charge is 2.24. The second-order valence-corrected chi connectivity index (χ2v) is 7.03. The molecule has 4 rings (SSSR count). The minimum Gasteiger partial charge on any atom is -0.497 e. The molecule has 1 aromatic heterocycles. The average Bonchev–Trinajstić information content (AvgIpc) is 2.80. The number of carbonyl (C=O) groups excluding carboxylic acids is 1. The summed E-state index contributed by atoms with van der Waals surface area (Å²) in [6.45, 7) is 3.58. The molecule has 1 aliphatic rings. The summed E-state index contributed by atoms with van der Waals surface area (Å²) in [5, 5.41) is 4.08. The van der Waals surface area contributed by atoms with E-state index in [1.54, 1.807) is 13.3 Å². The van der Waals surface area contributed by atoms with Gasteiger partial charge in [0.2, 0.25) is 0 Å². The number of nitrogens with one attached hydrogen (secondary N) is 1. The minimum atomic E-state index is -0.110. The zero-order chi connectivity index (χ0) is 20.1. The number of hydrogen-bond acceptors (Lipinski definition) is 5. The molecular formula is C23H25N3O3. The first kappa shape index (κ1) is 19.4. The van der Waals surface area contributed by atoms with Crippen LogP contribution in [0.3, 0.4) is 0 Å². The Labute approximate surface area is 170 Å². The molecule has 1 N–H and O–H groups in total. The molecule has 1 saturated heterocycles. The summed E-state index contributed by atoms with van der Waals surface area (Å²) in [6, 6.07) is 17.6. The van der Waals surface area contributed by atoms with Crippen LogP contribution in [-0.4, -0.2) is 55.7 Å². The average molecular weight is 391 g/mol. The molecule has 1 amide bonds. The van der Waals surface area contributed by atoms with Gasteiger partial charge in [-0.25, -0.2) is 0 Å². The topological polar surface area (TPSA) is 63.7 Å². The van der Waals surface area contributed by atoms with Crippen LogP contribution in [0.2, 0.25) is 0 Å². The fourth-order valence-electron chi connectivity index (χ4n) is 3.75. The number of methoxy groups -OCH3 is 1. The van der Waals surface area contributed by atoms with Crippen molar-refractivity contribution in [2.24, 2.45) is 0 Å². The van der Waals surface area contributed by atoms with Crippen LogP contribution in [0.4, 0.5) is 0 Å². The number of ether oxygens (including phenoxy) is 2. The molecule has 0 radical (unpaired) electrons. The van der Waals surface area contributed by atoms with Gasteiger partial charge in [-0.1, -0.05) is 30.3 Å². The monoisotopic (exact) mass is 391 g/mol. The van der Waals surface area contributed by atoms with Crippen LogP contribution in [0.25, 0.3) is 10.9 Å². The molecule has 6 nitrogen and oxygen atoms in total. The highest BCUT2D eigenvalue weighted by Crippen LogP contribution is 2.24. The van der Waals surface area contributed by atoms with E-state index in [-0.39, 0.29) is 11.9 Å². The summed E-state index contributed by atoms with van der Waals surface area (Å²) in [5.41, 5.74) is 2.46. The standard InChI is InChI=1S/C23H25N3O3/c1-28-19-9-7-17(8-10-19)21(26-12-14-29-15-13-26)16-25-23(27)20-6-2-4-18-5-3-11-24-22(18)20/h2-11,21H,12-16H2,1H3,(H,25,27)/t21-/m1/s1. The van der Waals surface area contributed by atoms with Crippen LogP contribution in [0.1, 0.15) is 22.0 Å². The van der Waals surface area contributed by atoms with Gasteiger partial charge in [-0.15, -0.1) is 0 Å². The van der Waals surface area contributed by atoms with Gasteiger partial charge in [0.05, 0.1) is 37.4 Å². The summed E-state index contributed by atoms with van der Waals surface area (Å²) in [7, 11) is 1.66. The van der Waals surface area contributed by atoms with Gasteiger partial charge in [0, 0.05) is 31.2 Å². The number of amides is 1. The van der Waals surface area contributed by atoms with E-state index in [1.807, 2.05) is 42.5 Å². The first-order valence-corrected chi connectivity index (χ1v) is 9.84. The van der Waals surface area contributed by atoms with Gasteiger partial charge in [-0.05, 0) is 29.8 Å². The number of benzene rings is 2. The Bertz CT molecular complexity index is 963. The van der Waals surface area contributed by atoms with Gasteiger partial charge in [-0.2, -0.15) is 0 Å². The smallest absolute Gasteiger partial charge is 0.253 e. The molecule has 1 atom stereocenters. The molecular weight excluding hydrogens is 366 g/mol. The van der Waals surface area contributed by atoms with E-state index in [2.05, 4.69) is 27.3 Å². The molecule has 3 aromatic rings. The quantitative estimate of drug-likeness (QED) is 0.700. The first-order valence-electron chi connectivity index (χ1n) is 9.84. The van der Waals surface area contributed by atoms with Crippen LogP contribution >= 0.6 is 0 Å². The molecule has 2 aromatic carbocycles. The van der Waals surface area contributed by atoms with E-state index in [1.165, 1.54) is 0 Å². The van der Waals surface area contributed by atoms with Gasteiger partial charge >= 0.3 is 0 Å². The largest absolute Gasteiger partial charge is 0.497 e. The van der Waals surface area contributed by atoms with E-state index < -0.39 is 0 Å². The van der Waals surface area contributed by atoms with Gasteiger partial charge < -0.3 is 14.8 Å². The third kappa shape index (κ3) is 4.39. The van der Waals surface area contributed by atoms with Crippen molar-refractivity contribution in [3.05, 3.63) is 71.9 Å². The van der Waals surface area contributed by atoms with Gasteiger partial charge in [0.15, 0.2) is 0 Å². The highest BCUT2D eigenvalue weighted by molar-refractivity contribution is 6.05. The maximum atomic E-state index is 13.0. The summed E-state index contributed by atoms with van der Waals surface area (Å²) in [4.78, 5) is 19.7. The third-order valence-corrected chi connectivity index (χ3v) is 5.32. The van der Waals surface area contributed by atoms with Gasteiger partial charge in [0.1, 0.15) is 5.75 Å². The second-order valence-electron chi connectivity index (χ2n) is 7.03. The van der Waals surface area contributed by atoms with Crippen LogP contribution in [0, 0.1) is 0 Å². The molecule has 0 aliphatic carbocycles. The molecule has 2 heterocycles. The minimum absolute atomic E-state index is 0.0664. The Kier molecular flexibility index (Phi) is 6.03. The molecule has 0 bridgehead atoms. The molecule has 1 aliphatic heterocycles. The molecule has 0 unspecified atom stereocenters. The predicted octanol–water partition coefficient (Wildman–Crippen LogP) is 3.05. The normalized spacial score (nSPS) is 15.8. The van der Waals surface area contributed by atoms with E-state index in [0.717, 1.165) is 35.3 Å². The molecule has 6 heteroatoms. The number of fused-ring (bicyclic) bond motifs is 1. The number of aromatic nitrogens is 1. The van der Waals surface area contributed by atoms with Crippen molar-refractivity contribution < 1.29 is 14.3 Å². The number of pyridine rings is 1. The lowest BCUT2D eigenvalue weighted by atomic mass is 10.0.